The lowest BCUT2D eigenvalue weighted by atomic mass is 10.2. The molecule has 0 aromatic carbocycles. The first-order chi connectivity index (χ1) is 4.70. The lowest BCUT2D eigenvalue weighted by Crippen LogP contribution is -1.94. The van der Waals surface area contributed by atoms with Gasteiger partial charge in [0, 0.05) is 12.5 Å². The summed E-state index contributed by atoms with van der Waals surface area (Å²) in [6.45, 7) is 1.85. The Morgan fingerprint density at radius 3 is 2.60 bits per heavy atom. The van der Waals surface area contributed by atoms with Crippen LogP contribution in [0.1, 0.15) is 19.8 Å². The van der Waals surface area contributed by atoms with Gasteiger partial charge in [0.25, 0.3) is 0 Å². The summed E-state index contributed by atoms with van der Waals surface area (Å²) in [6, 6.07) is 0. The standard InChI is InChI=1S/C7H10O3/c1-2-3-6(9)4-7(10)5-8/h4-5,10H,2-3H2,1H3/b7-4-. The summed E-state index contributed by atoms with van der Waals surface area (Å²) in [5.74, 6) is -0.717. The highest BCUT2D eigenvalue weighted by Crippen LogP contribution is 1.92. The van der Waals surface area contributed by atoms with Gasteiger partial charge in [-0.05, 0) is 6.42 Å². The molecule has 0 atom stereocenters. The third-order valence-corrected chi connectivity index (χ3v) is 0.926. The molecule has 1 N–H and O–H groups in total. The number of carbonyl (C=O) groups excluding carboxylic acids is 2. The Bertz CT molecular complexity index is 158. The molecular formula is C7H10O3. The second kappa shape index (κ2) is 4.73. The maximum atomic E-state index is 10.6. The number of hydrogen-bond acceptors (Lipinski definition) is 3. The maximum absolute atomic E-state index is 10.6. The summed E-state index contributed by atoms with van der Waals surface area (Å²) in [4.78, 5) is 20.4. The Labute approximate surface area is 59.4 Å². The van der Waals surface area contributed by atoms with Gasteiger partial charge in [0.2, 0.25) is 0 Å². The molecule has 56 valence electrons. The first kappa shape index (κ1) is 8.88. The zero-order valence-electron chi connectivity index (χ0n) is 5.83. The van der Waals surface area contributed by atoms with Crippen molar-refractivity contribution in [1.82, 2.24) is 0 Å². The van der Waals surface area contributed by atoms with E-state index in [1.807, 2.05) is 6.92 Å². The van der Waals surface area contributed by atoms with Gasteiger partial charge in [0.1, 0.15) is 0 Å². The molecule has 0 spiro atoms. The van der Waals surface area contributed by atoms with Crippen LogP contribution < -0.4 is 0 Å². The predicted molar refractivity (Wildman–Crippen MR) is 36.7 cm³/mol. The van der Waals surface area contributed by atoms with E-state index in [2.05, 4.69) is 0 Å². The van der Waals surface area contributed by atoms with Crippen LogP contribution in [0.5, 0.6) is 0 Å². The molecule has 0 unspecified atom stereocenters. The number of hydrogen-bond donors (Lipinski definition) is 1. The molecule has 0 aromatic heterocycles. The molecular weight excluding hydrogens is 132 g/mol. The van der Waals surface area contributed by atoms with Crippen LogP contribution in [0.25, 0.3) is 0 Å². The van der Waals surface area contributed by atoms with Crippen LogP contribution in [0.15, 0.2) is 11.8 Å². The van der Waals surface area contributed by atoms with Crippen molar-refractivity contribution in [1.29, 1.82) is 0 Å². The fraction of sp³-hybridized carbons (Fsp3) is 0.429. The van der Waals surface area contributed by atoms with Crippen molar-refractivity contribution in [3.8, 4) is 0 Å². The van der Waals surface area contributed by atoms with Gasteiger partial charge in [-0.3, -0.25) is 9.59 Å². The van der Waals surface area contributed by atoms with Crippen LogP contribution in [0.4, 0.5) is 0 Å². The minimum absolute atomic E-state index is 0.216. The summed E-state index contributed by atoms with van der Waals surface area (Å²) in [5.41, 5.74) is 0. The van der Waals surface area contributed by atoms with Gasteiger partial charge < -0.3 is 5.11 Å². The molecule has 0 fully saturated rings. The van der Waals surface area contributed by atoms with Crippen molar-refractivity contribution >= 4 is 12.1 Å². The highest BCUT2D eigenvalue weighted by atomic mass is 16.3. The molecule has 3 nitrogen and oxygen atoms in total. The van der Waals surface area contributed by atoms with Crippen molar-refractivity contribution in [3.63, 3.8) is 0 Å². The van der Waals surface area contributed by atoms with E-state index in [1.165, 1.54) is 0 Å². The average Bonchev–Trinajstić information content (AvgIpc) is 1.88. The van der Waals surface area contributed by atoms with Crippen LogP contribution in [-0.2, 0) is 9.59 Å². The van der Waals surface area contributed by atoms with Gasteiger partial charge in [0.05, 0.1) is 0 Å². The molecule has 0 aliphatic carbocycles. The molecule has 0 radical (unpaired) electrons. The van der Waals surface area contributed by atoms with E-state index < -0.39 is 5.76 Å². The van der Waals surface area contributed by atoms with E-state index in [-0.39, 0.29) is 12.1 Å². The minimum Gasteiger partial charge on any atom is -0.504 e. The molecule has 0 saturated heterocycles. The zero-order chi connectivity index (χ0) is 7.98. The SMILES string of the molecule is CCCC(=O)/C=C(\O)C=O. The Hall–Kier alpha value is -1.12. The van der Waals surface area contributed by atoms with Crippen molar-refractivity contribution < 1.29 is 14.7 Å². The Morgan fingerprint density at radius 2 is 2.20 bits per heavy atom. The molecule has 3 heteroatoms. The molecule has 0 aromatic rings. The van der Waals surface area contributed by atoms with Crippen molar-refractivity contribution in [2.75, 3.05) is 0 Å². The van der Waals surface area contributed by atoms with Gasteiger partial charge >= 0.3 is 0 Å². The van der Waals surface area contributed by atoms with E-state index in [4.69, 9.17) is 5.11 Å². The lowest BCUT2D eigenvalue weighted by Gasteiger charge is -1.88. The number of ketones is 1. The first-order valence-corrected chi connectivity index (χ1v) is 3.09. The number of rotatable bonds is 4. The van der Waals surface area contributed by atoms with Crippen LogP contribution in [0.3, 0.4) is 0 Å². The predicted octanol–water partition coefficient (Wildman–Crippen LogP) is 0.996. The Kier molecular flexibility index (Phi) is 4.20. The van der Waals surface area contributed by atoms with Crippen LogP contribution in [0.2, 0.25) is 0 Å². The molecule has 0 bridgehead atoms. The molecule has 0 rings (SSSR count). The summed E-state index contributed by atoms with van der Waals surface area (Å²) in [7, 11) is 0. The number of aliphatic hydroxyl groups is 1. The second-order valence-electron chi connectivity index (χ2n) is 1.90. The highest BCUT2D eigenvalue weighted by Gasteiger charge is 1.96. The molecule has 0 heterocycles. The number of aliphatic hydroxyl groups excluding tert-OH is 1. The Morgan fingerprint density at radius 1 is 1.60 bits per heavy atom. The topological polar surface area (TPSA) is 54.4 Å². The van der Waals surface area contributed by atoms with E-state index in [0.29, 0.717) is 6.42 Å². The zero-order valence-corrected chi connectivity index (χ0v) is 5.83. The molecule has 0 amide bonds. The largest absolute Gasteiger partial charge is 0.504 e. The molecule has 0 aliphatic heterocycles. The molecule has 0 saturated carbocycles. The highest BCUT2D eigenvalue weighted by molar-refractivity contribution is 5.93. The van der Waals surface area contributed by atoms with Crippen molar-refractivity contribution in [3.05, 3.63) is 11.8 Å². The smallest absolute Gasteiger partial charge is 0.184 e. The second-order valence-corrected chi connectivity index (χ2v) is 1.90. The number of carbonyl (C=O) groups is 2. The summed E-state index contributed by atoms with van der Waals surface area (Å²) in [6.07, 6.45) is 2.28. The summed E-state index contributed by atoms with van der Waals surface area (Å²) in [5, 5.41) is 8.53. The van der Waals surface area contributed by atoms with Gasteiger partial charge in [-0.1, -0.05) is 6.92 Å². The third-order valence-electron chi connectivity index (χ3n) is 0.926. The Balaban J connectivity index is 3.86. The van der Waals surface area contributed by atoms with Crippen LogP contribution in [0, 0.1) is 0 Å². The minimum atomic E-state index is -0.501. The summed E-state index contributed by atoms with van der Waals surface area (Å²) >= 11 is 0. The van der Waals surface area contributed by atoms with Crippen molar-refractivity contribution in [2.45, 2.75) is 19.8 Å². The first-order valence-electron chi connectivity index (χ1n) is 3.09. The monoisotopic (exact) mass is 142 g/mol. The van der Waals surface area contributed by atoms with Gasteiger partial charge in [-0.15, -0.1) is 0 Å². The van der Waals surface area contributed by atoms with Gasteiger partial charge in [-0.25, -0.2) is 0 Å². The van der Waals surface area contributed by atoms with Gasteiger partial charge in [-0.2, -0.15) is 0 Å². The molecule has 0 aliphatic rings. The quantitative estimate of drug-likeness (QED) is 0.362. The average molecular weight is 142 g/mol. The van der Waals surface area contributed by atoms with Gasteiger partial charge in [0.15, 0.2) is 17.8 Å². The van der Waals surface area contributed by atoms with Crippen LogP contribution in [-0.4, -0.2) is 17.2 Å². The third kappa shape index (κ3) is 3.83. The molecule has 10 heavy (non-hydrogen) atoms. The summed E-state index contributed by atoms with van der Waals surface area (Å²) < 4.78 is 0. The fourth-order valence-corrected chi connectivity index (χ4v) is 0.518. The van der Waals surface area contributed by atoms with Crippen molar-refractivity contribution in [2.24, 2.45) is 0 Å². The number of aldehydes is 1. The van der Waals surface area contributed by atoms with E-state index >= 15 is 0 Å². The number of allylic oxidation sites excluding steroid dienone is 2. The van der Waals surface area contributed by atoms with Crippen LogP contribution >= 0.6 is 0 Å². The maximum Gasteiger partial charge on any atom is 0.184 e. The van der Waals surface area contributed by atoms with E-state index in [9.17, 15) is 9.59 Å². The fourth-order valence-electron chi connectivity index (χ4n) is 0.518. The van der Waals surface area contributed by atoms with E-state index in [1.54, 1.807) is 0 Å². The normalized spacial score (nSPS) is 11.1. The lowest BCUT2D eigenvalue weighted by molar-refractivity contribution is -0.115. The van der Waals surface area contributed by atoms with E-state index in [0.717, 1.165) is 12.5 Å².